The molecule has 8 heteroatoms. The quantitative estimate of drug-likeness (QED) is 0.541. The van der Waals surface area contributed by atoms with Crippen molar-refractivity contribution in [2.45, 2.75) is 0 Å². The van der Waals surface area contributed by atoms with Gasteiger partial charge in [0.25, 0.3) is 5.91 Å². The maximum absolute atomic E-state index is 11.8. The highest BCUT2D eigenvalue weighted by molar-refractivity contribution is 6.32. The molecule has 3 rings (SSSR count). The summed E-state index contributed by atoms with van der Waals surface area (Å²) < 4.78 is 16.0. The van der Waals surface area contributed by atoms with Crippen LogP contribution in [-0.2, 0) is 4.79 Å². The van der Waals surface area contributed by atoms with Crippen LogP contribution in [0.5, 0.6) is 17.4 Å². The van der Waals surface area contributed by atoms with Crippen molar-refractivity contribution in [1.29, 1.82) is 0 Å². The van der Waals surface area contributed by atoms with Crippen LogP contribution in [0.3, 0.4) is 0 Å². The Labute approximate surface area is 173 Å². The molecule has 0 saturated carbocycles. The average molecular weight is 414 g/mol. The van der Waals surface area contributed by atoms with Crippen LogP contribution in [-0.4, -0.2) is 43.0 Å². The average Bonchev–Trinajstić information content (AvgIpc) is 2.77. The molecule has 0 aliphatic rings. The van der Waals surface area contributed by atoms with E-state index in [0.717, 1.165) is 17.0 Å². The number of rotatable bonds is 9. The molecule has 0 aliphatic heterocycles. The van der Waals surface area contributed by atoms with Gasteiger partial charge in [-0.15, -0.1) is 10.2 Å². The highest BCUT2D eigenvalue weighted by Gasteiger charge is 2.06. The van der Waals surface area contributed by atoms with E-state index >= 15 is 0 Å². The SMILES string of the molecule is COc1ccc(-c2ccc(OCCNC(=O)COc3ccccc3Cl)nn2)cc1. The summed E-state index contributed by atoms with van der Waals surface area (Å²) in [7, 11) is 1.62. The lowest BCUT2D eigenvalue weighted by atomic mass is 10.1. The number of hydrogen-bond acceptors (Lipinski definition) is 6. The third kappa shape index (κ3) is 6.08. The number of aromatic nitrogens is 2. The molecule has 0 saturated heterocycles. The molecular formula is C21H20ClN3O4. The number of carbonyl (C=O) groups is 1. The lowest BCUT2D eigenvalue weighted by Gasteiger charge is -2.09. The van der Waals surface area contributed by atoms with E-state index in [2.05, 4.69) is 15.5 Å². The Morgan fingerprint density at radius 1 is 1.00 bits per heavy atom. The largest absolute Gasteiger partial charge is 0.497 e. The Morgan fingerprint density at radius 3 is 2.48 bits per heavy atom. The molecule has 29 heavy (non-hydrogen) atoms. The fourth-order valence-corrected chi connectivity index (χ4v) is 2.61. The van der Waals surface area contributed by atoms with Crippen LogP contribution >= 0.6 is 11.6 Å². The first kappa shape index (κ1) is 20.4. The zero-order valence-electron chi connectivity index (χ0n) is 15.8. The van der Waals surface area contributed by atoms with Gasteiger partial charge in [0.1, 0.15) is 18.1 Å². The minimum atomic E-state index is -0.269. The first-order chi connectivity index (χ1) is 14.2. The van der Waals surface area contributed by atoms with Crippen molar-refractivity contribution >= 4 is 17.5 Å². The van der Waals surface area contributed by atoms with Gasteiger partial charge < -0.3 is 19.5 Å². The van der Waals surface area contributed by atoms with Gasteiger partial charge in [0, 0.05) is 11.6 Å². The van der Waals surface area contributed by atoms with Crippen molar-refractivity contribution in [3.05, 3.63) is 65.7 Å². The number of hydrogen-bond donors (Lipinski definition) is 1. The number of amides is 1. The molecule has 0 atom stereocenters. The zero-order chi connectivity index (χ0) is 20.5. The third-order valence-electron chi connectivity index (χ3n) is 3.90. The van der Waals surface area contributed by atoms with Gasteiger partial charge in [0.2, 0.25) is 5.88 Å². The van der Waals surface area contributed by atoms with E-state index in [9.17, 15) is 4.79 Å². The molecule has 0 unspecified atom stereocenters. The van der Waals surface area contributed by atoms with Gasteiger partial charge in [-0.3, -0.25) is 4.79 Å². The summed E-state index contributed by atoms with van der Waals surface area (Å²) in [5.74, 6) is 1.35. The number of ether oxygens (including phenoxy) is 3. The first-order valence-electron chi connectivity index (χ1n) is 8.90. The smallest absolute Gasteiger partial charge is 0.258 e. The van der Waals surface area contributed by atoms with Gasteiger partial charge in [-0.2, -0.15) is 0 Å². The van der Waals surface area contributed by atoms with Gasteiger partial charge >= 0.3 is 0 Å². The maximum atomic E-state index is 11.8. The summed E-state index contributed by atoms with van der Waals surface area (Å²) in [6.45, 7) is 0.446. The maximum Gasteiger partial charge on any atom is 0.258 e. The van der Waals surface area contributed by atoms with Crippen molar-refractivity contribution in [2.75, 3.05) is 26.9 Å². The predicted octanol–water partition coefficient (Wildman–Crippen LogP) is 3.38. The molecule has 0 radical (unpaired) electrons. The van der Waals surface area contributed by atoms with Crippen LogP contribution in [0.2, 0.25) is 5.02 Å². The second kappa shape index (κ2) is 10.3. The predicted molar refractivity (Wildman–Crippen MR) is 109 cm³/mol. The number of benzene rings is 2. The summed E-state index contributed by atoms with van der Waals surface area (Å²) in [5, 5.41) is 11.4. The van der Waals surface area contributed by atoms with Gasteiger partial charge in [-0.25, -0.2) is 0 Å². The first-order valence-corrected chi connectivity index (χ1v) is 9.28. The molecule has 3 aromatic rings. The molecule has 0 spiro atoms. The summed E-state index contributed by atoms with van der Waals surface area (Å²) in [6, 6.07) is 18.1. The number of nitrogens with one attached hydrogen (secondary N) is 1. The lowest BCUT2D eigenvalue weighted by Crippen LogP contribution is -2.32. The number of methoxy groups -OCH3 is 1. The molecule has 150 valence electrons. The molecule has 2 aromatic carbocycles. The van der Waals surface area contributed by atoms with Crippen LogP contribution in [0.4, 0.5) is 0 Å². The van der Waals surface area contributed by atoms with Crippen molar-refractivity contribution in [3.63, 3.8) is 0 Å². The highest BCUT2D eigenvalue weighted by Crippen LogP contribution is 2.23. The lowest BCUT2D eigenvalue weighted by molar-refractivity contribution is -0.123. The summed E-state index contributed by atoms with van der Waals surface area (Å²) in [4.78, 5) is 11.8. The standard InChI is InChI=1S/C21H20ClN3O4/c1-27-16-8-6-15(7-9-16)18-10-11-21(25-24-18)28-13-12-23-20(26)14-29-19-5-3-2-4-17(19)22/h2-11H,12-14H2,1H3,(H,23,26). The summed E-state index contributed by atoms with van der Waals surface area (Å²) in [6.07, 6.45) is 0. The fourth-order valence-electron chi connectivity index (χ4n) is 2.41. The van der Waals surface area contributed by atoms with Gasteiger partial charge in [-0.1, -0.05) is 23.7 Å². The summed E-state index contributed by atoms with van der Waals surface area (Å²) >= 11 is 5.97. The Kier molecular flexibility index (Phi) is 7.24. The van der Waals surface area contributed by atoms with Gasteiger partial charge in [0.05, 0.1) is 24.4 Å². The molecule has 0 aliphatic carbocycles. The second-order valence-electron chi connectivity index (χ2n) is 5.90. The van der Waals surface area contributed by atoms with Crippen molar-refractivity contribution in [3.8, 4) is 28.6 Å². The molecule has 1 N–H and O–H groups in total. The third-order valence-corrected chi connectivity index (χ3v) is 4.21. The number of para-hydroxylation sites is 1. The van der Waals surface area contributed by atoms with Crippen LogP contribution in [0.25, 0.3) is 11.3 Å². The molecule has 1 heterocycles. The molecular weight excluding hydrogens is 394 g/mol. The van der Waals surface area contributed by atoms with Crippen LogP contribution < -0.4 is 19.5 Å². The van der Waals surface area contributed by atoms with E-state index in [-0.39, 0.29) is 19.1 Å². The minimum Gasteiger partial charge on any atom is -0.497 e. The monoisotopic (exact) mass is 413 g/mol. The number of halogens is 1. The number of carbonyl (C=O) groups excluding carboxylic acids is 1. The highest BCUT2D eigenvalue weighted by atomic mass is 35.5. The van der Waals surface area contributed by atoms with E-state index in [1.165, 1.54) is 0 Å². The summed E-state index contributed by atoms with van der Waals surface area (Å²) in [5.41, 5.74) is 1.65. The van der Waals surface area contributed by atoms with Crippen molar-refractivity contribution < 1.29 is 19.0 Å². The van der Waals surface area contributed by atoms with Gasteiger partial charge in [-0.05, 0) is 42.5 Å². The minimum absolute atomic E-state index is 0.125. The van der Waals surface area contributed by atoms with E-state index in [0.29, 0.717) is 23.2 Å². The zero-order valence-corrected chi connectivity index (χ0v) is 16.6. The second-order valence-corrected chi connectivity index (χ2v) is 6.31. The van der Waals surface area contributed by atoms with Gasteiger partial charge in [0.15, 0.2) is 6.61 Å². The van der Waals surface area contributed by atoms with E-state index in [1.54, 1.807) is 37.4 Å². The number of nitrogens with zero attached hydrogens (tertiary/aromatic N) is 2. The molecule has 1 aromatic heterocycles. The van der Waals surface area contributed by atoms with Crippen LogP contribution in [0, 0.1) is 0 Å². The molecule has 1 amide bonds. The van der Waals surface area contributed by atoms with Crippen LogP contribution in [0.15, 0.2) is 60.7 Å². The van der Waals surface area contributed by atoms with E-state index in [4.69, 9.17) is 25.8 Å². The van der Waals surface area contributed by atoms with E-state index in [1.807, 2.05) is 30.3 Å². The van der Waals surface area contributed by atoms with Crippen LogP contribution in [0.1, 0.15) is 0 Å². The topological polar surface area (TPSA) is 82.6 Å². The Bertz CT molecular complexity index is 933. The van der Waals surface area contributed by atoms with E-state index < -0.39 is 0 Å². The van der Waals surface area contributed by atoms with Crippen molar-refractivity contribution in [2.24, 2.45) is 0 Å². The molecule has 7 nitrogen and oxygen atoms in total. The molecule has 0 fully saturated rings. The Morgan fingerprint density at radius 2 is 1.79 bits per heavy atom. The van der Waals surface area contributed by atoms with Crippen molar-refractivity contribution in [1.82, 2.24) is 15.5 Å². The Balaban J connectivity index is 1.39. The Hall–Kier alpha value is -3.32. The normalized spacial score (nSPS) is 10.3. The fraction of sp³-hybridized carbons (Fsp3) is 0.190. The molecule has 0 bridgehead atoms.